The molecule has 0 atom stereocenters. The minimum absolute atomic E-state index is 0.00503. The third kappa shape index (κ3) is 3.21. The van der Waals surface area contributed by atoms with E-state index in [1.165, 1.54) is 18.2 Å². The molecule has 0 aliphatic carbocycles. The van der Waals surface area contributed by atoms with Crippen LogP contribution in [-0.4, -0.2) is 37.6 Å². The van der Waals surface area contributed by atoms with Crippen LogP contribution >= 0.6 is 0 Å². The number of hydrogen-bond acceptors (Lipinski definition) is 5. The lowest BCUT2D eigenvalue weighted by molar-refractivity contribution is 0.0649. The van der Waals surface area contributed by atoms with Gasteiger partial charge in [0.2, 0.25) is 0 Å². The summed E-state index contributed by atoms with van der Waals surface area (Å²) in [6, 6.07) is 9.41. The summed E-state index contributed by atoms with van der Waals surface area (Å²) in [7, 11) is 0. The summed E-state index contributed by atoms with van der Waals surface area (Å²) < 4.78 is 22.1. The maximum Gasteiger partial charge on any atom is 0.267 e. The maximum atomic E-state index is 13.4. The highest BCUT2D eigenvalue weighted by Crippen LogP contribution is 2.33. The predicted molar refractivity (Wildman–Crippen MR) is 105 cm³/mol. The number of ether oxygens (including phenoxy) is 1. The van der Waals surface area contributed by atoms with Crippen LogP contribution in [0.3, 0.4) is 0 Å². The van der Waals surface area contributed by atoms with Crippen molar-refractivity contribution in [3.63, 3.8) is 0 Å². The molecule has 5 rings (SSSR count). The van der Waals surface area contributed by atoms with Gasteiger partial charge in [-0.1, -0.05) is 0 Å². The van der Waals surface area contributed by atoms with E-state index in [4.69, 9.17) is 4.74 Å². The fraction of sp³-hybridized carbons (Fsp3) is 0.238. The minimum atomic E-state index is -0.313. The molecular weight excluding hydrogens is 373 g/mol. The Labute approximate surface area is 165 Å². The van der Waals surface area contributed by atoms with Crippen LogP contribution in [-0.2, 0) is 4.74 Å². The summed E-state index contributed by atoms with van der Waals surface area (Å²) in [5.41, 5.74) is 3.41. The van der Waals surface area contributed by atoms with Crippen LogP contribution in [0.2, 0.25) is 0 Å². The molecule has 1 saturated heterocycles. The van der Waals surface area contributed by atoms with Crippen molar-refractivity contribution in [1.29, 1.82) is 0 Å². The lowest BCUT2D eigenvalue weighted by atomic mass is 10.0. The van der Waals surface area contributed by atoms with Crippen LogP contribution in [0.4, 0.5) is 4.39 Å². The number of fused-ring (bicyclic) bond motifs is 1. The summed E-state index contributed by atoms with van der Waals surface area (Å²) in [6.45, 7) is 1.23. The molecule has 4 heterocycles. The number of hydrogen-bond donors (Lipinski definition) is 0. The Balaban J connectivity index is 1.71. The molecule has 1 fully saturated rings. The van der Waals surface area contributed by atoms with Crippen LogP contribution < -0.4 is 5.56 Å². The Morgan fingerprint density at radius 1 is 1.03 bits per heavy atom. The number of rotatable bonds is 3. The van der Waals surface area contributed by atoms with E-state index in [1.54, 1.807) is 46.0 Å². The van der Waals surface area contributed by atoms with Gasteiger partial charge in [-0.15, -0.1) is 0 Å². The number of nitrogens with zero attached hydrogens (tertiary/aromatic N) is 5. The molecular formula is C21H18FN5O2. The van der Waals surface area contributed by atoms with Crippen LogP contribution in [0.25, 0.3) is 28.0 Å². The van der Waals surface area contributed by atoms with Crippen LogP contribution in [0.15, 0.2) is 59.8 Å². The number of aromatic nitrogens is 5. The van der Waals surface area contributed by atoms with Crippen molar-refractivity contribution in [3.05, 3.63) is 71.2 Å². The molecule has 0 saturated carbocycles. The molecule has 0 unspecified atom stereocenters. The maximum absolute atomic E-state index is 13.4. The SMILES string of the molecule is O=c1ccc(-c2c(-c3ccc(F)cc3)nn3ccncc23)nn1C1CCOCC1. The molecule has 0 amide bonds. The van der Waals surface area contributed by atoms with E-state index in [0.29, 0.717) is 24.6 Å². The van der Waals surface area contributed by atoms with E-state index in [0.717, 1.165) is 29.5 Å². The summed E-state index contributed by atoms with van der Waals surface area (Å²) in [5, 5.41) is 9.35. The first-order chi connectivity index (χ1) is 14.2. The average Bonchev–Trinajstić information content (AvgIpc) is 3.15. The molecule has 0 bridgehead atoms. The smallest absolute Gasteiger partial charge is 0.267 e. The quantitative estimate of drug-likeness (QED) is 0.537. The van der Waals surface area contributed by atoms with Crippen molar-refractivity contribution in [2.75, 3.05) is 13.2 Å². The second-order valence-electron chi connectivity index (χ2n) is 6.98. The van der Waals surface area contributed by atoms with Crippen LogP contribution in [0.5, 0.6) is 0 Å². The van der Waals surface area contributed by atoms with Gasteiger partial charge in [-0.25, -0.2) is 13.6 Å². The van der Waals surface area contributed by atoms with E-state index >= 15 is 0 Å². The zero-order valence-corrected chi connectivity index (χ0v) is 15.5. The highest BCUT2D eigenvalue weighted by molar-refractivity contribution is 5.90. The normalized spacial score (nSPS) is 15.1. The van der Waals surface area contributed by atoms with E-state index in [1.807, 2.05) is 0 Å². The van der Waals surface area contributed by atoms with E-state index in [-0.39, 0.29) is 17.4 Å². The lowest BCUT2D eigenvalue weighted by Crippen LogP contribution is -2.30. The van der Waals surface area contributed by atoms with Gasteiger partial charge in [0.05, 0.1) is 29.0 Å². The van der Waals surface area contributed by atoms with Gasteiger partial charge in [0.15, 0.2) is 0 Å². The van der Waals surface area contributed by atoms with E-state index < -0.39 is 0 Å². The fourth-order valence-electron chi connectivity index (χ4n) is 3.71. The van der Waals surface area contributed by atoms with Gasteiger partial charge in [0.25, 0.3) is 5.56 Å². The third-order valence-electron chi connectivity index (χ3n) is 5.17. The highest BCUT2D eigenvalue weighted by atomic mass is 19.1. The second kappa shape index (κ2) is 7.21. The third-order valence-corrected chi connectivity index (χ3v) is 5.17. The van der Waals surface area contributed by atoms with Crippen molar-refractivity contribution in [3.8, 4) is 22.5 Å². The van der Waals surface area contributed by atoms with Gasteiger partial charge in [0.1, 0.15) is 11.5 Å². The molecule has 0 spiro atoms. The van der Waals surface area contributed by atoms with E-state index in [9.17, 15) is 9.18 Å². The van der Waals surface area contributed by atoms with Gasteiger partial charge in [0, 0.05) is 37.2 Å². The Morgan fingerprint density at radius 2 is 1.83 bits per heavy atom. The Hall–Kier alpha value is -3.39. The molecule has 29 heavy (non-hydrogen) atoms. The number of halogens is 1. The summed E-state index contributed by atoms with van der Waals surface area (Å²) >= 11 is 0. The minimum Gasteiger partial charge on any atom is -0.381 e. The van der Waals surface area contributed by atoms with Crippen LogP contribution in [0.1, 0.15) is 18.9 Å². The van der Waals surface area contributed by atoms with Crippen molar-refractivity contribution < 1.29 is 9.13 Å². The highest BCUT2D eigenvalue weighted by Gasteiger charge is 2.22. The predicted octanol–water partition coefficient (Wildman–Crippen LogP) is 3.11. The van der Waals surface area contributed by atoms with Gasteiger partial charge < -0.3 is 4.74 Å². The molecule has 1 aromatic carbocycles. The van der Waals surface area contributed by atoms with Crippen molar-refractivity contribution in [2.45, 2.75) is 18.9 Å². The lowest BCUT2D eigenvalue weighted by Gasteiger charge is -2.23. The topological polar surface area (TPSA) is 74.3 Å². The summed E-state index contributed by atoms with van der Waals surface area (Å²) in [6.07, 6.45) is 6.60. The molecule has 3 aromatic heterocycles. The largest absolute Gasteiger partial charge is 0.381 e. The Kier molecular flexibility index (Phi) is 4.40. The fourth-order valence-corrected chi connectivity index (χ4v) is 3.71. The monoisotopic (exact) mass is 391 g/mol. The molecule has 8 heteroatoms. The van der Waals surface area contributed by atoms with E-state index in [2.05, 4.69) is 15.2 Å². The molecule has 7 nitrogen and oxygen atoms in total. The van der Waals surface area contributed by atoms with Crippen molar-refractivity contribution in [1.82, 2.24) is 24.4 Å². The summed E-state index contributed by atoms with van der Waals surface area (Å²) in [5.74, 6) is -0.313. The first kappa shape index (κ1) is 17.7. The number of benzene rings is 1. The van der Waals surface area contributed by atoms with Crippen molar-refractivity contribution >= 4 is 5.52 Å². The zero-order chi connectivity index (χ0) is 19.8. The van der Waals surface area contributed by atoms with Crippen molar-refractivity contribution in [2.24, 2.45) is 0 Å². The summed E-state index contributed by atoms with van der Waals surface area (Å²) in [4.78, 5) is 16.7. The first-order valence-corrected chi connectivity index (χ1v) is 9.47. The van der Waals surface area contributed by atoms with Gasteiger partial charge in [-0.2, -0.15) is 10.2 Å². The Bertz CT molecular complexity index is 1230. The van der Waals surface area contributed by atoms with Gasteiger partial charge in [-0.3, -0.25) is 9.78 Å². The van der Waals surface area contributed by atoms with Gasteiger partial charge >= 0.3 is 0 Å². The molecule has 1 aliphatic rings. The Morgan fingerprint density at radius 3 is 2.62 bits per heavy atom. The second-order valence-corrected chi connectivity index (χ2v) is 6.98. The average molecular weight is 391 g/mol. The standard InChI is InChI=1S/C21H18FN5O2/c22-15-3-1-14(2-4-15)21-20(18-13-23-9-10-26(18)25-21)17-5-6-19(28)27(24-17)16-7-11-29-12-8-16/h1-6,9-10,13,16H,7-8,11-12H2. The molecule has 4 aromatic rings. The molecule has 146 valence electrons. The van der Waals surface area contributed by atoms with Gasteiger partial charge in [-0.05, 0) is 43.2 Å². The molecule has 0 N–H and O–H groups in total. The first-order valence-electron chi connectivity index (χ1n) is 9.47. The van der Waals surface area contributed by atoms with Crippen LogP contribution in [0, 0.1) is 5.82 Å². The zero-order valence-electron chi connectivity index (χ0n) is 15.5. The molecule has 1 aliphatic heterocycles. The molecule has 0 radical (unpaired) electrons.